The normalized spacial score (nSPS) is 32.2. The van der Waals surface area contributed by atoms with E-state index in [1.54, 1.807) is 0 Å². The monoisotopic (exact) mass is 279 g/mol. The van der Waals surface area contributed by atoms with E-state index in [1.807, 2.05) is 0 Å². The molecular formula is C15H25N3O2. The summed E-state index contributed by atoms with van der Waals surface area (Å²) in [6, 6.07) is 0.393. The zero-order valence-electron chi connectivity index (χ0n) is 12.7. The fourth-order valence-electron chi connectivity index (χ4n) is 3.00. The average Bonchev–Trinajstić information content (AvgIpc) is 2.89. The first kappa shape index (κ1) is 14.0. The molecule has 3 atom stereocenters. The average molecular weight is 279 g/mol. The summed E-state index contributed by atoms with van der Waals surface area (Å²) in [6.45, 7) is 9.21. The van der Waals surface area contributed by atoms with Crippen LogP contribution in [0.2, 0.25) is 0 Å². The predicted octanol–water partition coefficient (Wildman–Crippen LogP) is 2.46. The summed E-state index contributed by atoms with van der Waals surface area (Å²) in [6.07, 6.45) is 3.30. The molecule has 1 aromatic rings. The van der Waals surface area contributed by atoms with Crippen molar-refractivity contribution in [2.24, 2.45) is 5.41 Å². The number of hydrogen-bond donors (Lipinski definition) is 1. The molecule has 1 aliphatic heterocycles. The summed E-state index contributed by atoms with van der Waals surface area (Å²) in [5.74, 6) is 2.28. The van der Waals surface area contributed by atoms with Crippen molar-refractivity contribution >= 4 is 0 Å². The van der Waals surface area contributed by atoms with Gasteiger partial charge in [0.05, 0.1) is 12.5 Å². The number of aromatic nitrogens is 2. The summed E-state index contributed by atoms with van der Waals surface area (Å²) in [5, 5.41) is 7.78. The molecule has 2 fully saturated rings. The Morgan fingerprint density at radius 2 is 2.20 bits per heavy atom. The van der Waals surface area contributed by atoms with Crippen LogP contribution in [0.5, 0.6) is 0 Å². The van der Waals surface area contributed by atoms with E-state index in [9.17, 15) is 0 Å². The Hall–Kier alpha value is -0.940. The zero-order chi connectivity index (χ0) is 14.2. The molecule has 1 N–H and O–H groups in total. The molecule has 3 unspecified atom stereocenters. The van der Waals surface area contributed by atoms with Crippen LogP contribution in [-0.4, -0.2) is 35.9 Å². The molecule has 1 saturated heterocycles. The van der Waals surface area contributed by atoms with Gasteiger partial charge in [-0.3, -0.25) is 0 Å². The summed E-state index contributed by atoms with van der Waals surface area (Å²) in [5.41, 5.74) is 0.337. The quantitative estimate of drug-likeness (QED) is 0.897. The summed E-state index contributed by atoms with van der Waals surface area (Å²) >= 11 is 0. The third-order valence-electron chi connectivity index (χ3n) is 4.61. The first-order chi connectivity index (χ1) is 9.62. The second-order valence-electron chi connectivity index (χ2n) is 6.77. The van der Waals surface area contributed by atoms with Crippen molar-refractivity contribution < 1.29 is 9.26 Å². The standard InChI is InChI=1S/C15H25N3O2/c1-4-6-16-12-5-7-19-9-10(12)14-17-13(18-20-14)11-8-15(11,2)3/h10-12,16H,4-9H2,1-3H3. The van der Waals surface area contributed by atoms with E-state index >= 15 is 0 Å². The predicted molar refractivity (Wildman–Crippen MR) is 75.7 cm³/mol. The summed E-state index contributed by atoms with van der Waals surface area (Å²) in [7, 11) is 0. The molecule has 5 heteroatoms. The molecule has 1 aromatic heterocycles. The van der Waals surface area contributed by atoms with Gasteiger partial charge in [-0.15, -0.1) is 0 Å². The third kappa shape index (κ3) is 2.74. The lowest BCUT2D eigenvalue weighted by atomic mass is 9.95. The molecule has 1 saturated carbocycles. The molecule has 1 aliphatic carbocycles. The SMILES string of the molecule is CCCNC1CCOCC1c1nc(C2CC2(C)C)no1. The van der Waals surface area contributed by atoms with Crippen molar-refractivity contribution in [2.75, 3.05) is 19.8 Å². The van der Waals surface area contributed by atoms with E-state index in [-0.39, 0.29) is 5.92 Å². The van der Waals surface area contributed by atoms with Crippen LogP contribution in [0, 0.1) is 5.41 Å². The van der Waals surface area contributed by atoms with Crippen molar-refractivity contribution in [2.45, 2.75) is 57.9 Å². The van der Waals surface area contributed by atoms with Crippen molar-refractivity contribution in [3.63, 3.8) is 0 Å². The van der Waals surface area contributed by atoms with Gasteiger partial charge in [0.1, 0.15) is 0 Å². The van der Waals surface area contributed by atoms with Gasteiger partial charge >= 0.3 is 0 Å². The van der Waals surface area contributed by atoms with Crippen LogP contribution in [0.4, 0.5) is 0 Å². The van der Waals surface area contributed by atoms with E-state index in [1.165, 1.54) is 0 Å². The second-order valence-corrected chi connectivity index (χ2v) is 6.77. The van der Waals surface area contributed by atoms with Gasteiger partial charge in [-0.2, -0.15) is 4.98 Å². The molecule has 0 bridgehead atoms. The van der Waals surface area contributed by atoms with Crippen LogP contribution < -0.4 is 5.32 Å². The van der Waals surface area contributed by atoms with E-state index < -0.39 is 0 Å². The highest BCUT2D eigenvalue weighted by atomic mass is 16.5. The van der Waals surface area contributed by atoms with Gasteiger partial charge in [-0.25, -0.2) is 0 Å². The Morgan fingerprint density at radius 3 is 2.90 bits per heavy atom. The van der Waals surface area contributed by atoms with Gasteiger partial charge in [-0.05, 0) is 31.2 Å². The molecule has 2 aliphatic rings. The zero-order valence-corrected chi connectivity index (χ0v) is 12.7. The van der Waals surface area contributed by atoms with Crippen LogP contribution in [0.3, 0.4) is 0 Å². The van der Waals surface area contributed by atoms with Crippen molar-refractivity contribution in [1.82, 2.24) is 15.5 Å². The minimum Gasteiger partial charge on any atom is -0.381 e. The molecule has 0 spiro atoms. The van der Waals surface area contributed by atoms with Crippen LogP contribution in [0.1, 0.15) is 63.6 Å². The Kier molecular flexibility index (Phi) is 3.82. The lowest BCUT2D eigenvalue weighted by molar-refractivity contribution is 0.0498. The maximum absolute atomic E-state index is 5.61. The molecule has 3 rings (SSSR count). The number of nitrogens with zero attached hydrogens (tertiary/aromatic N) is 2. The van der Waals surface area contributed by atoms with E-state index in [0.29, 0.717) is 24.0 Å². The number of ether oxygens (including phenoxy) is 1. The lowest BCUT2D eigenvalue weighted by Gasteiger charge is -2.29. The van der Waals surface area contributed by atoms with Crippen molar-refractivity contribution in [3.05, 3.63) is 11.7 Å². The van der Waals surface area contributed by atoms with Crippen LogP contribution >= 0.6 is 0 Å². The van der Waals surface area contributed by atoms with Gasteiger partial charge in [-0.1, -0.05) is 25.9 Å². The number of nitrogens with one attached hydrogen (secondary N) is 1. The second kappa shape index (κ2) is 5.45. The number of hydrogen-bond acceptors (Lipinski definition) is 5. The van der Waals surface area contributed by atoms with Crippen LogP contribution in [0.15, 0.2) is 4.52 Å². The van der Waals surface area contributed by atoms with Gasteiger partial charge < -0.3 is 14.6 Å². The molecule has 0 radical (unpaired) electrons. The molecular weight excluding hydrogens is 254 g/mol. The fraction of sp³-hybridized carbons (Fsp3) is 0.867. The lowest BCUT2D eigenvalue weighted by Crippen LogP contribution is -2.41. The van der Waals surface area contributed by atoms with E-state index in [0.717, 1.165) is 44.1 Å². The molecule has 0 amide bonds. The highest BCUT2D eigenvalue weighted by molar-refractivity contribution is 5.15. The number of rotatable bonds is 5. The molecule has 5 nitrogen and oxygen atoms in total. The van der Waals surface area contributed by atoms with Gasteiger partial charge in [0, 0.05) is 18.6 Å². The van der Waals surface area contributed by atoms with Gasteiger partial charge in [0.15, 0.2) is 5.82 Å². The first-order valence-corrected chi connectivity index (χ1v) is 7.76. The summed E-state index contributed by atoms with van der Waals surface area (Å²) in [4.78, 5) is 4.65. The van der Waals surface area contributed by atoms with Gasteiger partial charge in [0.2, 0.25) is 5.89 Å². The Balaban J connectivity index is 1.70. The van der Waals surface area contributed by atoms with Crippen LogP contribution in [0.25, 0.3) is 0 Å². The van der Waals surface area contributed by atoms with Gasteiger partial charge in [0.25, 0.3) is 0 Å². The minimum absolute atomic E-state index is 0.193. The highest BCUT2D eigenvalue weighted by Crippen LogP contribution is 2.57. The Labute approximate surface area is 120 Å². The maximum Gasteiger partial charge on any atom is 0.233 e. The Bertz CT molecular complexity index is 458. The molecule has 2 heterocycles. The minimum atomic E-state index is 0.193. The largest absolute Gasteiger partial charge is 0.381 e. The molecule has 20 heavy (non-hydrogen) atoms. The molecule has 0 aromatic carbocycles. The van der Waals surface area contributed by atoms with E-state index in [4.69, 9.17) is 9.26 Å². The van der Waals surface area contributed by atoms with E-state index in [2.05, 4.69) is 36.2 Å². The van der Waals surface area contributed by atoms with Crippen LogP contribution in [-0.2, 0) is 4.74 Å². The Morgan fingerprint density at radius 1 is 1.40 bits per heavy atom. The first-order valence-electron chi connectivity index (χ1n) is 7.76. The fourth-order valence-corrected chi connectivity index (χ4v) is 3.00. The topological polar surface area (TPSA) is 60.2 Å². The third-order valence-corrected chi connectivity index (χ3v) is 4.61. The molecule has 112 valence electrons. The smallest absolute Gasteiger partial charge is 0.233 e. The summed E-state index contributed by atoms with van der Waals surface area (Å²) < 4.78 is 11.1. The van der Waals surface area contributed by atoms with Crippen molar-refractivity contribution in [3.8, 4) is 0 Å². The maximum atomic E-state index is 5.61. The van der Waals surface area contributed by atoms with Crippen molar-refractivity contribution in [1.29, 1.82) is 0 Å². The highest BCUT2D eigenvalue weighted by Gasteiger charge is 2.49.